The Morgan fingerprint density at radius 1 is 1.47 bits per heavy atom. The SMILES string of the molecule is CC(C)C(C(=O)NCCOCC(F)(F)F)C(N)=NO. The van der Waals surface area contributed by atoms with Crippen molar-refractivity contribution in [3.8, 4) is 0 Å². The van der Waals surface area contributed by atoms with Crippen molar-refractivity contribution in [1.29, 1.82) is 0 Å². The van der Waals surface area contributed by atoms with Gasteiger partial charge < -0.3 is 21.0 Å². The summed E-state index contributed by atoms with van der Waals surface area (Å²) in [4.78, 5) is 11.7. The van der Waals surface area contributed by atoms with E-state index in [0.717, 1.165) is 0 Å². The van der Waals surface area contributed by atoms with E-state index in [1.165, 1.54) is 0 Å². The van der Waals surface area contributed by atoms with Crippen molar-refractivity contribution in [1.82, 2.24) is 5.32 Å². The lowest BCUT2D eigenvalue weighted by atomic mass is 9.94. The van der Waals surface area contributed by atoms with E-state index in [1.807, 2.05) is 0 Å². The fraction of sp³-hybridized carbons (Fsp3) is 0.800. The minimum absolute atomic E-state index is 0.0865. The molecular weight excluding hydrogens is 267 g/mol. The van der Waals surface area contributed by atoms with Crippen LogP contribution in [-0.2, 0) is 9.53 Å². The molecule has 0 bridgehead atoms. The van der Waals surface area contributed by atoms with Crippen LogP contribution in [0, 0.1) is 11.8 Å². The van der Waals surface area contributed by atoms with Crippen molar-refractivity contribution in [2.24, 2.45) is 22.7 Å². The van der Waals surface area contributed by atoms with Gasteiger partial charge in [0.15, 0.2) is 5.84 Å². The molecule has 0 heterocycles. The van der Waals surface area contributed by atoms with Crippen LogP contribution in [0.5, 0.6) is 0 Å². The number of nitrogens with one attached hydrogen (secondary N) is 1. The predicted octanol–water partition coefficient (Wildman–Crippen LogP) is 0.700. The van der Waals surface area contributed by atoms with Crippen molar-refractivity contribution in [3.05, 3.63) is 0 Å². The van der Waals surface area contributed by atoms with Gasteiger partial charge in [-0.25, -0.2) is 0 Å². The summed E-state index contributed by atoms with van der Waals surface area (Å²) in [6.07, 6.45) is -4.39. The van der Waals surface area contributed by atoms with Crippen molar-refractivity contribution in [2.45, 2.75) is 20.0 Å². The molecular formula is C10H18F3N3O3. The summed E-state index contributed by atoms with van der Waals surface area (Å²) in [5.74, 6) is -1.83. The lowest BCUT2D eigenvalue weighted by Crippen LogP contribution is -2.42. The summed E-state index contributed by atoms with van der Waals surface area (Å²) in [6.45, 7) is 1.67. The largest absolute Gasteiger partial charge is 0.411 e. The van der Waals surface area contributed by atoms with E-state index in [0.29, 0.717) is 0 Å². The van der Waals surface area contributed by atoms with Gasteiger partial charge in [0.25, 0.3) is 0 Å². The summed E-state index contributed by atoms with van der Waals surface area (Å²) in [5, 5.41) is 13.7. The number of rotatable bonds is 7. The molecule has 0 saturated carbocycles. The maximum absolute atomic E-state index is 11.8. The zero-order valence-electron chi connectivity index (χ0n) is 10.7. The molecule has 4 N–H and O–H groups in total. The van der Waals surface area contributed by atoms with Crippen LogP contribution in [0.25, 0.3) is 0 Å². The number of amides is 1. The van der Waals surface area contributed by atoms with E-state index in [-0.39, 0.29) is 24.9 Å². The number of nitrogens with zero attached hydrogens (tertiary/aromatic N) is 1. The van der Waals surface area contributed by atoms with Gasteiger partial charge in [-0.2, -0.15) is 13.2 Å². The standard InChI is InChI=1S/C10H18F3N3O3/c1-6(2)7(8(14)16-18)9(17)15-3-4-19-5-10(11,12)13/h6-7,18H,3-5H2,1-2H3,(H2,14,16)(H,15,17). The van der Waals surface area contributed by atoms with Gasteiger partial charge in [-0.1, -0.05) is 19.0 Å². The summed E-state index contributed by atoms with van der Waals surface area (Å²) in [6, 6.07) is 0. The molecule has 0 saturated heterocycles. The summed E-state index contributed by atoms with van der Waals surface area (Å²) in [7, 11) is 0. The second-order valence-corrected chi connectivity index (χ2v) is 4.21. The Morgan fingerprint density at radius 3 is 2.47 bits per heavy atom. The van der Waals surface area contributed by atoms with Crippen LogP contribution in [0.15, 0.2) is 5.16 Å². The highest BCUT2D eigenvalue weighted by molar-refractivity contribution is 6.02. The molecule has 0 aromatic carbocycles. The minimum Gasteiger partial charge on any atom is -0.409 e. The first-order valence-electron chi connectivity index (χ1n) is 5.58. The van der Waals surface area contributed by atoms with Crippen LogP contribution >= 0.6 is 0 Å². The number of halogens is 3. The molecule has 0 fully saturated rings. The van der Waals surface area contributed by atoms with Gasteiger partial charge in [0.1, 0.15) is 12.5 Å². The van der Waals surface area contributed by atoms with E-state index in [2.05, 4.69) is 15.2 Å². The lowest BCUT2D eigenvalue weighted by Gasteiger charge is -2.18. The van der Waals surface area contributed by atoms with Gasteiger partial charge in [-0.05, 0) is 5.92 Å². The first-order chi connectivity index (χ1) is 8.69. The number of oxime groups is 1. The van der Waals surface area contributed by atoms with Crippen LogP contribution in [0.1, 0.15) is 13.8 Å². The maximum atomic E-state index is 11.8. The molecule has 0 aromatic rings. The highest BCUT2D eigenvalue weighted by Gasteiger charge is 2.28. The number of carbonyl (C=O) groups excluding carboxylic acids is 1. The second-order valence-electron chi connectivity index (χ2n) is 4.21. The van der Waals surface area contributed by atoms with Crippen molar-refractivity contribution >= 4 is 11.7 Å². The molecule has 0 spiro atoms. The molecule has 0 aliphatic carbocycles. The Morgan fingerprint density at radius 2 is 2.05 bits per heavy atom. The average molecular weight is 285 g/mol. The highest BCUT2D eigenvalue weighted by Crippen LogP contribution is 2.14. The zero-order valence-corrected chi connectivity index (χ0v) is 10.7. The maximum Gasteiger partial charge on any atom is 0.411 e. The molecule has 112 valence electrons. The molecule has 0 radical (unpaired) electrons. The third kappa shape index (κ3) is 7.50. The molecule has 19 heavy (non-hydrogen) atoms. The van der Waals surface area contributed by atoms with Crippen molar-refractivity contribution in [3.63, 3.8) is 0 Å². The normalized spacial score (nSPS) is 14.5. The van der Waals surface area contributed by atoms with Crippen LogP contribution < -0.4 is 11.1 Å². The van der Waals surface area contributed by atoms with Gasteiger partial charge in [0.05, 0.1) is 6.61 Å². The van der Waals surface area contributed by atoms with Crippen LogP contribution in [-0.4, -0.2) is 42.9 Å². The number of hydrogen-bond acceptors (Lipinski definition) is 4. The monoisotopic (exact) mass is 285 g/mol. The Bertz CT molecular complexity index is 319. The van der Waals surface area contributed by atoms with Crippen molar-refractivity contribution in [2.75, 3.05) is 19.8 Å². The number of alkyl halides is 3. The lowest BCUT2D eigenvalue weighted by molar-refractivity contribution is -0.173. The number of ether oxygens (including phenoxy) is 1. The predicted molar refractivity (Wildman–Crippen MR) is 61.6 cm³/mol. The first kappa shape index (κ1) is 17.5. The minimum atomic E-state index is -4.39. The summed E-state index contributed by atoms with van der Waals surface area (Å²) < 4.78 is 39.6. The molecule has 1 unspecified atom stereocenters. The third-order valence-corrected chi connectivity index (χ3v) is 2.19. The Balaban J connectivity index is 4.09. The topological polar surface area (TPSA) is 96.9 Å². The van der Waals surface area contributed by atoms with Gasteiger partial charge in [0.2, 0.25) is 5.91 Å². The first-order valence-corrected chi connectivity index (χ1v) is 5.58. The number of hydrogen-bond donors (Lipinski definition) is 3. The van der Waals surface area contributed by atoms with E-state index >= 15 is 0 Å². The van der Waals surface area contributed by atoms with Crippen LogP contribution in [0.3, 0.4) is 0 Å². The quantitative estimate of drug-likeness (QED) is 0.211. The Labute approximate surface area is 108 Å². The van der Waals surface area contributed by atoms with Gasteiger partial charge in [0, 0.05) is 6.54 Å². The summed E-state index contributed by atoms with van der Waals surface area (Å²) >= 11 is 0. The van der Waals surface area contributed by atoms with Crippen molar-refractivity contribution < 1.29 is 27.9 Å². The van der Waals surface area contributed by atoms with E-state index in [4.69, 9.17) is 10.9 Å². The number of amidine groups is 1. The molecule has 0 aliphatic rings. The van der Waals surface area contributed by atoms with Gasteiger partial charge >= 0.3 is 6.18 Å². The van der Waals surface area contributed by atoms with E-state index < -0.39 is 24.6 Å². The molecule has 0 aromatic heterocycles. The molecule has 1 atom stereocenters. The van der Waals surface area contributed by atoms with Gasteiger partial charge in [-0.15, -0.1) is 0 Å². The second kappa shape index (κ2) is 7.82. The zero-order chi connectivity index (χ0) is 15.1. The smallest absolute Gasteiger partial charge is 0.409 e. The van der Waals surface area contributed by atoms with E-state index in [9.17, 15) is 18.0 Å². The Kier molecular flexibility index (Phi) is 7.20. The van der Waals surface area contributed by atoms with Crippen LogP contribution in [0.4, 0.5) is 13.2 Å². The summed E-state index contributed by atoms with van der Waals surface area (Å²) in [5.41, 5.74) is 5.37. The fourth-order valence-corrected chi connectivity index (χ4v) is 1.39. The fourth-order valence-electron chi connectivity index (χ4n) is 1.39. The molecule has 1 amide bonds. The average Bonchev–Trinajstić information content (AvgIpc) is 2.26. The number of carbonyl (C=O) groups is 1. The molecule has 0 rings (SSSR count). The van der Waals surface area contributed by atoms with E-state index in [1.54, 1.807) is 13.8 Å². The molecule has 6 nitrogen and oxygen atoms in total. The van der Waals surface area contributed by atoms with Crippen LogP contribution in [0.2, 0.25) is 0 Å². The molecule has 0 aliphatic heterocycles. The highest BCUT2D eigenvalue weighted by atomic mass is 19.4. The number of nitrogens with two attached hydrogens (primary N) is 1. The van der Waals surface area contributed by atoms with Gasteiger partial charge in [-0.3, -0.25) is 4.79 Å². The third-order valence-electron chi connectivity index (χ3n) is 2.19. The Hall–Kier alpha value is -1.51. The molecule has 9 heteroatoms.